The van der Waals surface area contributed by atoms with Gasteiger partial charge in [-0.1, -0.05) is 13.8 Å². The van der Waals surface area contributed by atoms with Crippen molar-refractivity contribution in [2.45, 2.75) is 19.8 Å². The van der Waals surface area contributed by atoms with Crippen molar-refractivity contribution in [3.63, 3.8) is 0 Å². The Balaban J connectivity index is 2.19. The zero-order valence-electron chi connectivity index (χ0n) is 11.0. The molecule has 0 aliphatic rings. The fraction of sp³-hybridized carbons (Fsp3) is 0.333. The smallest absolute Gasteiger partial charge is 0.226 e. The summed E-state index contributed by atoms with van der Waals surface area (Å²) >= 11 is 0. The van der Waals surface area contributed by atoms with Crippen molar-refractivity contribution in [2.24, 2.45) is 0 Å². The number of nitrogens with zero attached hydrogens (tertiary/aromatic N) is 5. The number of nitrogens with one attached hydrogen (secondary N) is 2. The Labute approximate surface area is 110 Å². The first-order valence-corrected chi connectivity index (χ1v) is 6.14. The molecule has 7 nitrogen and oxygen atoms in total. The van der Waals surface area contributed by atoms with Gasteiger partial charge in [-0.05, 0) is 12.0 Å². The highest BCUT2D eigenvalue weighted by Gasteiger charge is 2.12. The Kier molecular flexibility index (Phi) is 2.66. The van der Waals surface area contributed by atoms with Crippen LogP contribution in [0.15, 0.2) is 18.5 Å². The van der Waals surface area contributed by atoms with E-state index in [-0.39, 0.29) is 0 Å². The van der Waals surface area contributed by atoms with Gasteiger partial charge in [-0.15, -0.1) is 0 Å². The molecular formula is C12H15N7. The molecule has 0 unspecified atom stereocenters. The van der Waals surface area contributed by atoms with Crippen LogP contribution in [0, 0.1) is 0 Å². The maximum Gasteiger partial charge on any atom is 0.226 e. The average Bonchev–Trinajstić information content (AvgIpc) is 3.06. The Hall–Kier alpha value is -2.44. The molecule has 3 rings (SSSR count). The first-order chi connectivity index (χ1) is 9.19. The molecule has 0 saturated carbocycles. The van der Waals surface area contributed by atoms with Gasteiger partial charge in [0, 0.05) is 13.2 Å². The van der Waals surface area contributed by atoms with Crippen LogP contribution < -0.4 is 5.32 Å². The summed E-state index contributed by atoms with van der Waals surface area (Å²) in [6.45, 7) is 4.22. The number of hydrogen-bond acceptors (Lipinski definition) is 5. The second-order valence-electron chi connectivity index (χ2n) is 4.59. The fourth-order valence-electron chi connectivity index (χ4n) is 1.87. The van der Waals surface area contributed by atoms with Gasteiger partial charge in [-0.3, -0.25) is 5.10 Å². The van der Waals surface area contributed by atoms with Crippen molar-refractivity contribution in [3.05, 3.63) is 24.2 Å². The van der Waals surface area contributed by atoms with Crippen LogP contribution in [0.3, 0.4) is 0 Å². The molecular weight excluding hydrogens is 242 g/mol. The highest BCUT2D eigenvalue weighted by molar-refractivity contribution is 5.82. The molecule has 0 aromatic carbocycles. The summed E-state index contributed by atoms with van der Waals surface area (Å²) in [5.41, 5.74) is 1.72. The minimum Gasteiger partial charge on any atom is -0.357 e. The van der Waals surface area contributed by atoms with Gasteiger partial charge >= 0.3 is 0 Å². The second kappa shape index (κ2) is 4.34. The number of aromatic amines is 1. The van der Waals surface area contributed by atoms with Crippen molar-refractivity contribution in [2.75, 3.05) is 12.4 Å². The summed E-state index contributed by atoms with van der Waals surface area (Å²) in [6.07, 6.45) is 3.62. The number of rotatable bonds is 3. The summed E-state index contributed by atoms with van der Waals surface area (Å²) in [7, 11) is 1.78. The van der Waals surface area contributed by atoms with Crippen LogP contribution in [0.5, 0.6) is 0 Å². The van der Waals surface area contributed by atoms with E-state index in [1.165, 1.54) is 0 Å². The SMILES string of the molecule is CNc1nc(-n2ccc(C(C)C)n2)c2cn[nH]c2n1. The Bertz CT molecular complexity index is 710. The molecule has 7 heteroatoms. The van der Waals surface area contributed by atoms with Crippen molar-refractivity contribution in [1.29, 1.82) is 0 Å². The van der Waals surface area contributed by atoms with Gasteiger partial charge in [-0.2, -0.15) is 20.2 Å². The zero-order valence-corrected chi connectivity index (χ0v) is 11.0. The van der Waals surface area contributed by atoms with E-state index in [1.807, 2.05) is 12.3 Å². The lowest BCUT2D eigenvalue weighted by atomic mass is 10.1. The van der Waals surface area contributed by atoms with Crippen molar-refractivity contribution >= 4 is 17.0 Å². The first kappa shape index (κ1) is 11.6. The van der Waals surface area contributed by atoms with E-state index in [2.05, 4.69) is 44.4 Å². The lowest BCUT2D eigenvalue weighted by Crippen LogP contribution is -2.05. The van der Waals surface area contributed by atoms with Gasteiger partial charge in [-0.25, -0.2) is 4.68 Å². The van der Waals surface area contributed by atoms with Gasteiger partial charge in [0.1, 0.15) is 0 Å². The number of fused-ring (bicyclic) bond motifs is 1. The van der Waals surface area contributed by atoms with Crippen LogP contribution in [0.25, 0.3) is 16.9 Å². The topological polar surface area (TPSA) is 84.3 Å². The van der Waals surface area contributed by atoms with E-state index in [0.29, 0.717) is 17.5 Å². The van der Waals surface area contributed by atoms with Crippen molar-refractivity contribution in [3.8, 4) is 5.82 Å². The lowest BCUT2D eigenvalue weighted by molar-refractivity contribution is 0.760. The molecule has 0 amide bonds. The molecule has 2 N–H and O–H groups in total. The summed E-state index contributed by atoms with van der Waals surface area (Å²) in [5.74, 6) is 1.63. The highest BCUT2D eigenvalue weighted by Crippen LogP contribution is 2.20. The molecule has 0 spiro atoms. The molecule has 0 fully saturated rings. The normalized spacial score (nSPS) is 11.4. The van der Waals surface area contributed by atoms with Crippen LogP contribution in [0.2, 0.25) is 0 Å². The molecule has 0 atom stereocenters. The fourth-order valence-corrected chi connectivity index (χ4v) is 1.87. The van der Waals surface area contributed by atoms with Gasteiger partial charge < -0.3 is 5.32 Å². The number of hydrogen-bond donors (Lipinski definition) is 2. The largest absolute Gasteiger partial charge is 0.357 e. The van der Waals surface area contributed by atoms with E-state index in [4.69, 9.17) is 0 Å². The average molecular weight is 257 g/mol. The Morgan fingerprint density at radius 2 is 2.16 bits per heavy atom. The molecule has 0 aliphatic heterocycles. The molecule has 3 aromatic rings. The van der Waals surface area contributed by atoms with E-state index in [9.17, 15) is 0 Å². The van der Waals surface area contributed by atoms with Crippen LogP contribution in [-0.2, 0) is 0 Å². The number of aromatic nitrogens is 6. The van der Waals surface area contributed by atoms with Crippen LogP contribution in [0.1, 0.15) is 25.5 Å². The Morgan fingerprint density at radius 1 is 1.32 bits per heavy atom. The van der Waals surface area contributed by atoms with E-state index >= 15 is 0 Å². The molecule has 0 radical (unpaired) electrons. The third-order valence-electron chi connectivity index (χ3n) is 2.93. The van der Waals surface area contributed by atoms with Crippen LogP contribution in [-0.4, -0.2) is 37.0 Å². The summed E-state index contributed by atoms with van der Waals surface area (Å²) < 4.78 is 1.76. The van der Waals surface area contributed by atoms with Gasteiger partial charge in [0.05, 0.1) is 17.3 Å². The lowest BCUT2D eigenvalue weighted by Gasteiger charge is -2.05. The molecule has 0 saturated heterocycles. The number of anilines is 1. The third-order valence-corrected chi connectivity index (χ3v) is 2.93. The third kappa shape index (κ3) is 1.92. The van der Waals surface area contributed by atoms with Gasteiger partial charge in [0.15, 0.2) is 11.5 Å². The summed E-state index contributed by atoms with van der Waals surface area (Å²) in [5, 5.41) is 15.2. The minimum absolute atomic E-state index is 0.381. The highest BCUT2D eigenvalue weighted by atomic mass is 15.3. The molecule has 0 bridgehead atoms. The van der Waals surface area contributed by atoms with E-state index < -0.39 is 0 Å². The van der Waals surface area contributed by atoms with Gasteiger partial charge in [0.25, 0.3) is 0 Å². The quantitative estimate of drug-likeness (QED) is 0.746. The van der Waals surface area contributed by atoms with E-state index in [1.54, 1.807) is 17.9 Å². The van der Waals surface area contributed by atoms with Crippen molar-refractivity contribution in [1.82, 2.24) is 29.9 Å². The first-order valence-electron chi connectivity index (χ1n) is 6.14. The maximum atomic E-state index is 4.54. The standard InChI is InChI=1S/C12H15N7/c1-7(2)9-4-5-19(18-9)11-8-6-14-17-10(8)15-12(13-3)16-11/h4-7H,1-3H3,(H2,13,14,15,16,17). The van der Waals surface area contributed by atoms with Gasteiger partial charge in [0.2, 0.25) is 5.95 Å². The Morgan fingerprint density at radius 3 is 2.84 bits per heavy atom. The summed E-state index contributed by atoms with van der Waals surface area (Å²) in [6, 6.07) is 2.00. The molecule has 3 aromatic heterocycles. The molecule has 19 heavy (non-hydrogen) atoms. The van der Waals surface area contributed by atoms with Crippen molar-refractivity contribution < 1.29 is 0 Å². The monoisotopic (exact) mass is 257 g/mol. The summed E-state index contributed by atoms with van der Waals surface area (Å²) in [4.78, 5) is 8.75. The minimum atomic E-state index is 0.381. The number of H-pyrrole nitrogens is 1. The predicted molar refractivity (Wildman–Crippen MR) is 72.4 cm³/mol. The predicted octanol–water partition coefficient (Wildman–Crippen LogP) is 1.70. The second-order valence-corrected chi connectivity index (χ2v) is 4.59. The maximum absolute atomic E-state index is 4.54. The van der Waals surface area contributed by atoms with Crippen LogP contribution in [0.4, 0.5) is 5.95 Å². The zero-order chi connectivity index (χ0) is 13.4. The molecule has 98 valence electrons. The van der Waals surface area contributed by atoms with E-state index in [0.717, 1.165) is 16.9 Å². The van der Waals surface area contributed by atoms with Crippen LogP contribution >= 0.6 is 0 Å². The molecule has 3 heterocycles. The molecule has 0 aliphatic carbocycles.